The van der Waals surface area contributed by atoms with E-state index in [2.05, 4.69) is 0 Å². The highest BCUT2D eigenvalue weighted by Crippen LogP contribution is 2.34. The fourth-order valence-electron chi connectivity index (χ4n) is 2.05. The van der Waals surface area contributed by atoms with Crippen LogP contribution in [0.4, 0.5) is 4.39 Å². The SMILES string of the molecule is CC1CN(S(=O)(=O)c2c(Cl)cc(F)cc2Cl)CC1N.Cl. The molecule has 1 aliphatic heterocycles. The Bertz CT molecular complexity index is 579. The van der Waals surface area contributed by atoms with Gasteiger partial charge in [0.2, 0.25) is 10.0 Å². The molecule has 9 heteroatoms. The van der Waals surface area contributed by atoms with Crippen molar-refractivity contribution in [3.63, 3.8) is 0 Å². The molecular formula is C11H14Cl3FN2O2S. The maximum absolute atomic E-state index is 13.1. The molecule has 0 amide bonds. The Kier molecular flexibility index (Phi) is 5.68. The highest BCUT2D eigenvalue weighted by atomic mass is 35.5. The minimum Gasteiger partial charge on any atom is -0.326 e. The number of nitrogens with zero attached hydrogens (tertiary/aromatic N) is 1. The smallest absolute Gasteiger partial charge is 0.246 e. The number of rotatable bonds is 2. The van der Waals surface area contributed by atoms with Crippen molar-refractivity contribution in [3.05, 3.63) is 28.0 Å². The highest BCUT2D eigenvalue weighted by molar-refractivity contribution is 7.89. The molecular weight excluding hydrogens is 350 g/mol. The highest BCUT2D eigenvalue weighted by Gasteiger charge is 2.37. The minimum absolute atomic E-state index is 0. The minimum atomic E-state index is -3.86. The van der Waals surface area contributed by atoms with Gasteiger partial charge in [-0.05, 0) is 18.1 Å². The zero-order chi connectivity index (χ0) is 14.4. The van der Waals surface area contributed by atoms with E-state index in [0.29, 0.717) is 6.54 Å². The molecule has 2 N–H and O–H groups in total. The van der Waals surface area contributed by atoms with Gasteiger partial charge < -0.3 is 5.73 Å². The summed E-state index contributed by atoms with van der Waals surface area (Å²) in [7, 11) is -3.86. The molecule has 114 valence electrons. The number of sulfonamides is 1. The van der Waals surface area contributed by atoms with Gasteiger partial charge in [-0.25, -0.2) is 12.8 Å². The first-order valence-electron chi connectivity index (χ1n) is 5.63. The molecule has 0 aromatic heterocycles. The number of halogens is 4. The largest absolute Gasteiger partial charge is 0.326 e. The van der Waals surface area contributed by atoms with Crippen LogP contribution in [0.15, 0.2) is 17.0 Å². The van der Waals surface area contributed by atoms with Gasteiger partial charge in [0.15, 0.2) is 0 Å². The van der Waals surface area contributed by atoms with Crippen molar-refractivity contribution in [1.82, 2.24) is 4.31 Å². The zero-order valence-electron chi connectivity index (χ0n) is 10.5. The van der Waals surface area contributed by atoms with Crippen LogP contribution >= 0.6 is 35.6 Å². The van der Waals surface area contributed by atoms with Gasteiger partial charge in [0.25, 0.3) is 0 Å². The molecule has 2 rings (SSSR count). The second kappa shape index (κ2) is 6.34. The van der Waals surface area contributed by atoms with Gasteiger partial charge >= 0.3 is 0 Å². The molecule has 1 aromatic rings. The second-order valence-corrected chi connectivity index (χ2v) is 7.35. The molecule has 2 unspecified atom stereocenters. The normalized spacial score (nSPS) is 23.6. The average molecular weight is 364 g/mol. The third-order valence-corrected chi connectivity index (χ3v) is 5.95. The van der Waals surface area contributed by atoms with Gasteiger partial charge in [-0.15, -0.1) is 12.4 Å². The van der Waals surface area contributed by atoms with E-state index >= 15 is 0 Å². The molecule has 0 saturated carbocycles. The summed E-state index contributed by atoms with van der Waals surface area (Å²) in [5.41, 5.74) is 5.81. The van der Waals surface area contributed by atoms with Crippen molar-refractivity contribution < 1.29 is 12.8 Å². The summed E-state index contributed by atoms with van der Waals surface area (Å²) in [6.07, 6.45) is 0. The fourth-order valence-corrected chi connectivity index (χ4v) is 4.76. The summed E-state index contributed by atoms with van der Waals surface area (Å²) in [5.74, 6) is -0.631. The Balaban J connectivity index is 0.00000200. The van der Waals surface area contributed by atoms with Crippen molar-refractivity contribution in [2.45, 2.75) is 17.9 Å². The van der Waals surface area contributed by atoms with E-state index in [9.17, 15) is 12.8 Å². The molecule has 0 radical (unpaired) electrons. The standard InChI is InChI=1S/C11H13Cl2FN2O2S.ClH/c1-6-4-16(5-10(6)15)19(17,18)11-8(12)2-7(14)3-9(11)13;/h2-3,6,10H,4-5,15H2,1H3;1H. The monoisotopic (exact) mass is 362 g/mol. The lowest BCUT2D eigenvalue weighted by molar-refractivity contribution is 0.464. The van der Waals surface area contributed by atoms with E-state index in [-0.39, 0.29) is 45.9 Å². The van der Waals surface area contributed by atoms with E-state index in [4.69, 9.17) is 28.9 Å². The predicted octanol–water partition coefficient (Wildman–Crippen LogP) is 2.52. The van der Waals surface area contributed by atoms with E-state index in [1.807, 2.05) is 6.92 Å². The Labute approximate surface area is 133 Å². The zero-order valence-corrected chi connectivity index (χ0v) is 13.7. The van der Waals surface area contributed by atoms with Crippen LogP contribution in [0, 0.1) is 11.7 Å². The van der Waals surface area contributed by atoms with Crippen LogP contribution in [-0.2, 0) is 10.0 Å². The van der Waals surface area contributed by atoms with Crippen LogP contribution in [0.2, 0.25) is 10.0 Å². The lowest BCUT2D eigenvalue weighted by Crippen LogP contribution is -2.32. The quantitative estimate of drug-likeness (QED) is 0.878. The summed E-state index contributed by atoms with van der Waals surface area (Å²) in [6.45, 7) is 2.37. The van der Waals surface area contributed by atoms with Crippen LogP contribution in [0.25, 0.3) is 0 Å². The summed E-state index contributed by atoms with van der Waals surface area (Å²) in [4.78, 5) is -0.265. The third-order valence-electron chi connectivity index (χ3n) is 3.20. The van der Waals surface area contributed by atoms with Gasteiger partial charge in [0, 0.05) is 19.1 Å². The van der Waals surface area contributed by atoms with Gasteiger partial charge in [-0.2, -0.15) is 4.31 Å². The van der Waals surface area contributed by atoms with Crippen LogP contribution in [0.1, 0.15) is 6.92 Å². The average Bonchev–Trinajstić information content (AvgIpc) is 2.57. The van der Waals surface area contributed by atoms with Crippen LogP contribution in [-0.4, -0.2) is 31.9 Å². The van der Waals surface area contributed by atoms with E-state index in [0.717, 1.165) is 12.1 Å². The molecule has 2 atom stereocenters. The van der Waals surface area contributed by atoms with E-state index < -0.39 is 15.8 Å². The maximum atomic E-state index is 13.1. The summed E-state index contributed by atoms with van der Waals surface area (Å²) >= 11 is 11.6. The Morgan fingerprint density at radius 2 is 1.80 bits per heavy atom. The van der Waals surface area contributed by atoms with Crippen molar-refractivity contribution >= 4 is 45.6 Å². The molecule has 1 aromatic carbocycles. The van der Waals surface area contributed by atoms with Gasteiger partial charge in [-0.1, -0.05) is 30.1 Å². The fraction of sp³-hybridized carbons (Fsp3) is 0.455. The molecule has 0 bridgehead atoms. The summed E-state index contributed by atoms with van der Waals surface area (Å²) in [5, 5.41) is -0.448. The molecule has 20 heavy (non-hydrogen) atoms. The van der Waals surface area contributed by atoms with Gasteiger partial charge in [0.1, 0.15) is 10.7 Å². The number of hydrogen-bond acceptors (Lipinski definition) is 3. The van der Waals surface area contributed by atoms with Crippen LogP contribution in [0.3, 0.4) is 0 Å². The summed E-state index contributed by atoms with van der Waals surface area (Å²) in [6, 6.07) is 1.63. The Hall–Kier alpha value is -0.110. The van der Waals surface area contributed by atoms with Crippen LogP contribution in [0.5, 0.6) is 0 Å². The van der Waals surface area contributed by atoms with Gasteiger partial charge in [-0.3, -0.25) is 0 Å². The van der Waals surface area contributed by atoms with Gasteiger partial charge in [0.05, 0.1) is 10.0 Å². The molecule has 1 aliphatic rings. The van der Waals surface area contributed by atoms with E-state index in [1.165, 1.54) is 4.31 Å². The molecule has 1 saturated heterocycles. The predicted molar refractivity (Wildman–Crippen MR) is 79.6 cm³/mol. The van der Waals surface area contributed by atoms with Crippen LogP contribution < -0.4 is 5.73 Å². The first-order valence-corrected chi connectivity index (χ1v) is 7.83. The molecule has 0 spiro atoms. The van der Waals surface area contributed by atoms with Crippen molar-refractivity contribution in [1.29, 1.82) is 0 Å². The van der Waals surface area contributed by atoms with Crippen molar-refractivity contribution in [2.24, 2.45) is 11.7 Å². The lowest BCUT2D eigenvalue weighted by atomic mass is 10.1. The summed E-state index contributed by atoms with van der Waals surface area (Å²) < 4.78 is 39.2. The molecule has 0 aliphatic carbocycles. The first-order chi connectivity index (χ1) is 8.73. The third kappa shape index (κ3) is 3.21. The molecule has 1 heterocycles. The second-order valence-electron chi connectivity index (χ2n) is 4.66. The number of hydrogen-bond donors (Lipinski definition) is 1. The molecule has 4 nitrogen and oxygen atoms in total. The van der Waals surface area contributed by atoms with Crippen molar-refractivity contribution in [2.75, 3.05) is 13.1 Å². The van der Waals surface area contributed by atoms with Crippen molar-refractivity contribution in [3.8, 4) is 0 Å². The Morgan fingerprint density at radius 3 is 2.20 bits per heavy atom. The number of nitrogens with two attached hydrogens (primary N) is 1. The molecule has 1 fully saturated rings. The lowest BCUT2D eigenvalue weighted by Gasteiger charge is -2.18. The number of benzene rings is 1. The first kappa shape index (κ1) is 17.9. The maximum Gasteiger partial charge on any atom is 0.246 e. The Morgan fingerprint density at radius 1 is 1.30 bits per heavy atom. The topological polar surface area (TPSA) is 63.4 Å². The van der Waals surface area contributed by atoms with E-state index in [1.54, 1.807) is 0 Å².